The van der Waals surface area contributed by atoms with E-state index in [-0.39, 0.29) is 19.4 Å². The summed E-state index contributed by atoms with van der Waals surface area (Å²) in [6, 6.07) is 12.2. The first-order valence-electron chi connectivity index (χ1n) is 10.3. The molecule has 11 heteroatoms. The van der Waals surface area contributed by atoms with Crippen LogP contribution in [0.15, 0.2) is 65.5 Å². The van der Waals surface area contributed by atoms with Crippen LogP contribution in [0.4, 0.5) is 9.18 Å². The Morgan fingerprint density at radius 2 is 1.65 bits per heavy atom. The molecule has 0 spiro atoms. The fourth-order valence-corrected chi connectivity index (χ4v) is 3.65. The van der Waals surface area contributed by atoms with Crippen molar-refractivity contribution in [2.75, 3.05) is 0 Å². The Morgan fingerprint density at radius 1 is 0.941 bits per heavy atom. The number of alkyl carbamates (subject to hydrolysis) is 1. The van der Waals surface area contributed by atoms with Crippen LogP contribution in [-0.2, 0) is 33.8 Å². The molecule has 0 saturated heterocycles. The molecule has 9 nitrogen and oxygen atoms in total. The predicted octanol–water partition coefficient (Wildman–Crippen LogP) is 2.35. The molecule has 4 N–H and O–H groups in total. The van der Waals surface area contributed by atoms with Crippen molar-refractivity contribution in [1.82, 2.24) is 21.1 Å². The molecule has 0 aliphatic carbocycles. The van der Waals surface area contributed by atoms with Gasteiger partial charge in [-0.3, -0.25) is 14.8 Å². The van der Waals surface area contributed by atoms with Crippen LogP contribution >= 0.6 is 11.3 Å². The molecule has 2 atom stereocenters. The third-order valence-electron chi connectivity index (χ3n) is 4.81. The SMILES string of the molecule is O=C(NC(Cc1ccc(F)cc1)C(=O)NC(Cc1cscn1)C(=O)NO)OCc1ccccc1. The van der Waals surface area contributed by atoms with E-state index in [1.54, 1.807) is 35.2 Å². The number of hydrogen-bond donors (Lipinski definition) is 4. The Balaban J connectivity index is 1.70. The summed E-state index contributed by atoms with van der Waals surface area (Å²) >= 11 is 1.32. The summed E-state index contributed by atoms with van der Waals surface area (Å²) < 4.78 is 18.5. The number of amides is 3. The molecule has 178 valence electrons. The monoisotopic (exact) mass is 486 g/mol. The van der Waals surface area contributed by atoms with E-state index in [1.807, 2.05) is 6.07 Å². The summed E-state index contributed by atoms with van der Waals surface area (Å²) in [5.41, 5.74) is 4.99. The van der Waals surface area contributed by atoms with Crippen LogP contribution in [0, 0.1) is 5.82 Å². The van der Waals surface area contributed by atoms with E-state index in [0.717, 1.165) is 5.56 Å². The summed E-state index contributed by atoms with van der Waals surface area (Å²) in [6.45, 7) is -0.00305. The lowest BCUT2D eigenvalue weighted by Gasteiger charge is -2.22. The number of carbonyl (C=O) groups excluding carboxylic acids is 3. The van der Waals surface area contributed by atoms with Gasteiger partial charge in [-0.25, -0.2) is 19.6 Å². The molecule has 0 radical (unpaired) electrons. The Kier molecular flexibility index (Phi) is 9.06. The Labute approximate surface area is 198 Å². The van der Waals surface area contributed by atoms with Crippen LogP contribution in [0.2, 0.25) is 0 Å². The molecule has 34 heavy (non-hydrogen) atoms. The number of halogens is 1. The normalized spacial score (nSPS) is 12.3. The van der Waals surface area contributed by atoms with Crippen molar-refractivity contribution >= 4 is 29.2 Å². The number of nitrogens with zero attached hydrogens (tertiary/aromatic N) is 1. The van der Waals surface area contributed by atoms with E-state index in [0.29, 0.717) is 11.3 Å². The van der Waals surface area contributed by atoms with Crippen molar-refractivity contribution in [2.45, 2.75) is 31.5 Å². The lowest BCUT2D eigenvalue weighted by molar-refractivity contribution is -0.135. The first-order valence-corrected chi connectivity index (χ1v) is 11.2. The highest BCUT2D eigenvalue weighted by atomic mass is 32.1. The molecule has 3 amide bonds. The zero-order chi connectivity index (χ0) is 24.3. The van der Waals surface area contributed by atoms with Crippen molar-refractivity contribution in [3.05, 3.63) is 88.1 Å². The van der Waals surface area contributed by atoms with Crippen LogP contribution in [-0.4, -0.2) is 40.2 Å². The second-order valence-corrected chi connectivity index (χ2v) is 8.03. The summed E-state index contributed by atoms with van der Waals surface area (Å²) in [5, 5.41) is 15.8. The van der Waals surface area contributed by atoms with E-state index in [2.05, 4.69) is 15.6 Å². The van der Waals surface area contributed by atoms with Crippen LogP contribution < -0.4 is 16.1 Å². The maximum absolute atomic E-state index is 13.3. The number of hydroxylamine groups is 1. The number of nitrogens with one attached hydrogen (secondary N) is 3. The standard InChI is InChI=1S/C23H23FN4O5S/c24-17-8-6-15(7-9-17)10-19(27-23(31)33-12-16-4-2-1-3-5-16)21(29)26-20(22(30)28-32)11-18-13-34-14-25-18/h1-9,13-14,19-20,32H,10-12H2,(H,26,29)(H,27,31)(H,28,30). The highest BCUT2D eigenvalue weighted by Crippen LogP contribution is 2.09. The van der Waals surface area contributed by atoms with Crippen LogP contribution in [0.1, 0.15) is 16.8 Å². The zero-order valence-electron chi connectivity index (χ0n) is 17.9. The van der Waals surface area contributed by atoms with Crippen molar-refractivity contribution in [2.24, 2.45) is 0 Å². The van der Waals surface area contributed by atoms with Crippen LogP contribution in [0.3, 0.4) is 0 Å². The highest BCUT2D eigenvalue weighted by molar-refractivity contribution is 7.07. The number of carbonyl (C=O) groups is 3. The molecule has 2 unspecified atom stereocenters. The zero-order valence-corrected chi connectivity index (χ0v) is 18.8. The summed E-state index contributed by atoms with van der Waals surface area (Å²) in [5.74, 6) is -1.97. The average Bonchev–Trinajstić information content (AvgIpc) is 3.36. The molecule has 0 aliphatic rings. The van der Waals surface area contributed by atoms with E-state index < -0.39 is 35.8 Å². The van der Waals surface area contributed by atoms with Gasteiger partial charge in [0.05, 0.1) is 11.2 Å². The maximum atomic E-state index is 13.3. The largest absolute Gasteiger partial charge is 0.445 e. The van der Waals surface area contributed by atoms with Crippen molar-refractivity contribution in [3.63, 3.8) is 0 Å². The van der Waals surface area contributed by atoms with E-state index >= 15 is 0 Å². The summed E-state index contributed by atoms with van der Waals surface area (Å²) in [6.07, 6.45) is -0.797. The summed E-state index contributed by atoms with van der Waals surface area (Å²) in [4.78, 5) is 41.7. The fourth-order valence-electron chi connectivity index (χ4n) is 3.08. The molecule has 3 aromatic rings. The minimum atomic E-state index is -1.14. The lowest BCUT2D eigenvalue weighted by atomic mass is 10.0. The first kappa shape index (κ1) is 24.8. The molecule has 0 bridgehead atoms. The Bertz CT molecular complexity index is 1080. The number of ether oxygens (including phenoxy) is 1. The minimum Gasteiger partial charge on any atom is -0.445 e. The molecule has 1 aromatic heterocycles. The molecule has 0 fully saturated rings. The third-order valence-corrected chi connectivity index (χ3v) is 5.45. The van der Waals surface area contributed by atoms with Gasteiger partial charge in [0.1, 0.15) is 24.5 Å². The molecule has 0 aliphatic heterocycles. The van der Waals surface area contributed by atoms with Crippen molar-refractivity contribution in [1.29, 1.82) is 0 Å². The van der Waals surface area contributed by atoms with Gasteiger partial charge in [-0.2, -0.15) is 0 Å². The van der Waals surface area contributed by atoms with E-state index in [9.17, 15) is 18.8 Å². The molecular formula is C23H23FN4O5S. The van der Waals surface area contributed by atoms with Gasteiger partial charge < -0.3 is 15.4 Å². The molecular weight excluding hydrogens is 463 g/mol. The van der Waals surface area contributed by atoms with Crippen molar-refractivity contribution < 1.29 is 28.7 Å². The number of hydrogen-bond acceptors (Lipinski definition) is 7. The molecule has 3 rings (SSSR count). The van der Waals surface area contributed by atoms with E-state index in [4.69, 9.17) is 9.94 Å². The lowest BCUT2D eigenvalue weighted by Crippen LogP contribution is -2.54. The second-order valence-electron chi connectivity index (χ2n) is 7.31. The number of benzene rings is 2. The quantitative estimate of drug-likeness (QED) is 0.257. The van der Waals surface area contributed by atoms with Gasteiger partial charge in [-0.1, -0.05) is 42.5 Å². The smallest absolute Gasteiger partial charge is 0.408 e. The molecule has 1 heterocycles. The van der Waals surface area contributed by atoms with Gasteiger partial charge in [-0.05, 0) is 23.3 Å². The fraction of sp³-hybridized carbons (Fsp3) is 0.217. The number of thiazole rings is 1. The topological polar surface area (TPSA) is 130 Å². The van der Waals surface area contributed by atoms with Gasteiger partial charge >= 0.3 is 6.09 Å². The Morgan fingerprint density at radius 3 is 2.29 bits per heavy atom. The molecule has 0 saturated carbocycles. The Hall–Kier alpha value is -3.83. The van der Waals surface area contributed by atoms with Gasteiger partial charge in [0, 0.05) is 18.2 Å². The average molecular weight is 487 g/mol. The first-order chi connectivity index (χ1) is 16.4. The van der Waals surface area contributed by atoms with Gasteiger partial charge in [0.15, 0.2) is 0 Å². The summed E-state index contributed by atoms with van der Waals surface area (Å²) in [7, 11) is 0. The van der Waals surface area contributed by atoms with Gasteiger partial charge in [-0.15, -0.1) is 11.3 Å². The van der Waals surface area contributed by atoms with Crippen LogP contribution in [0.5, 0.6) is 0 Å². The molecule has 2 aromatic carbocycles. The predicted molar refractivity (Wildman–Crippen MR) is 121 cm³/mol. The maximum Gasteiger partial charge on any atom is 0.408 e. The highest BCUT2D eigenvalue weighted by Gasteiger charge is 2.28. The number of rotatable bonds is 10. The van der Waals surface area contributed by atoms with Crippen molar-refractivity contribution in [3.8, 4) is 0 Å². The van der Waals surface area contributed by atoms with E-state index in [1.165, 1.54) is 41.1 Å². The van der Waals surface area contributed by atoms with Gasteiger partial charge in [0.25, 0.3) is 5.91 Å². The number of aromatic nitrogens is 1. The van der Waals surface area contributed by atoms with Crippen LogP contribution in [0.25, 0.3) is 0 Å². The minimum absolute atomic E-state index is 0.00305. The third kappa shape index (κ3) is 7.64. The second kappa shape index (κ2) is 12.4. The van der Waals surface area contributed by atoms with Gasteiger partial charge in [0.2, 0.25) is 5.91 Å².